The van der Waals surface area contributed by atoms with Gasteiger partial charge in [-0.15, -0.1) is 0 Å². The van der Waals surface area contributed by atoms with Crippen LogP contribution in [0.5, 0.6) is 5.75 Å². The molecule has 6 nitrogen and oxygen atoms in total. The average Bonchev–Trinajstić information content (AvgIpc) is 2.82. The van der Waals surface area contributed by atoms with E-state index in [1.807, 2.05) is 61.5 Å². The average molecular weight is 566 g/mol. The van der Waals surface area contributed by atoms with E-state index in [-0.39, 0.29) is 29.0 Å². The summed E-state index contributed by atoms with van der Waals surface area (Å²) in [6.07, 6.45) is 0.458. The Labute approximate surface area is 214 Å². The van der Waals surface area contributed by atoms with E-state index >= 15 is 0 Å². The number of carbonyl (C=O) groups is 1. The first kappa shape index (κ1) is 26.2. The van der Waals surface area contributed by atoms with E-state index in [0.29, 0.717) is 12.2 Å². The second kappa shape index (κ2) is 11.8. The van der Waals surface area contributed by atoms with Crippen LogP contribution < -0.4 is 10.1 Å². The van der Waals surface area contributed by atoms with Crippen LogP contribution in [0.2, 0.25) is 5.02 Å². The van der Waals surface area contributed by atoms with Gasteiger partial charge in [-0.25, -0.2) is 8.42 Å². The van der Waals surface area contributed by atoms with Gasteiger partial charge in [0.1, 0.15) is 5.75 Å². The van der Waals surface area contributed by atoms with E-state index in [9.17, 15) is 13.2 Å². The van der Waals surface area contributed by atoms with Crippen molar-refractivity contribution >= 4 is 43.5 Å². The number of methoxy groups -OCH3 is 1. The van der Waals surface area contributed by atoms with E-state index in [2.05, 4.69) is 21.2 Å². The summed E-state index contributed by atoms with van der Waals surface area (Å²) in [5, 5.41) is 3.07. The molecule has 3 aromatic carbocycles. The molecule has 0 heterocycles. The van der Waals surface area contributed by atoms with Crippen LogP contribution in [0.25, 0.3) is 0 Å². The third-order valence-electron chi connectivity index (χ3n) is 5.32. The molecule has 3 rings (SSSR count). The summed E-state index contributed by atoms with van der Waals surface area (Å²) < 4.78 is 34.2. The molecule has 0 aliphatic rings. The standard InChI is InChI=1S/C25H26BrClN2O4S/c1-18(20-8-10-21(26)11-9-20)28-25(30)17-29(15-14-19-6-4-3-5-7-19)34(31,32)22-12-13-24(33-2)23(27)16-22/h3-13,16,18H,14-15,17H2,1-2H3,(H,28,30)/t18-/m0/s1. The lowest BCUT2D eigenvalue weighted by molar-refractivity contribution is -0.121. The molecule has 34 heavy (non-hydrogen) atoms. The molecule has 9 heteroatoms. The molecule has 0 spiro atoms. The van der Waals surface area contributed by atoms with Crippen LogP contribution in [0.3, 0.4) is 0 Å². The normalized spacial score (nSPS) is 12.4. The Bertz CT molecular complexity index is 1220. The van der Waals surface area contributed by atoms with Crippen molar-refractivity contribution in [3.63, 3.8) is 0 Å². The second-order valence-corrected chi connectivity index (χ2v) is 11.0. The Kier molecular flexibility index (Phi) is 9.13. The molecule has 1 amide bonds. The predicted octanol–water partition coefficient (Wildman–Crippen LogP) is 5.22. The number of benzene rings is 3. The minimum absolute atomic E-state index is 0.000111. The van der Waals surface area contributed by atoms with Gasteiger partial charge in [0.15, 0.2) is 0 Å². The SMILES string of the molecule is COc1ccc(S(=O)(=O)N(CCc2ccccc2)CC(=O)N[C@@H](C)c2ccc(Br)cc2)cc1Cl. The molecule has 1 atom stereocenters. The highest BCUT2D eigenvalue weighted by molar-refractivity contribution is 9.10. The number of sulfonamides is 1. The van der Waals surface area contributed by atoms with Crippen LogP contribution in [0, 0.1) is 0 Å². The number of ether oxygens (including phenoxy) is 1. The van der Waals surface area contributed by atoms with Gasteiger partial charge in [-0.2, -0.15) is 4.31 Å². The summed E-state index contributed by atoms with van der Waals surface area (Å²) in [5.41, 5.74) is 1.89. The van der Waals surface area contributed by atoms with E-state index in [4.69, 9.17) is 16.3 Å². The van der Waals surface area contributed by atoms with Crippen LogP contribution in [0.1, 0.15) is 24.1 Å². The van der Waals surface area contributed by atoms with Crippen molar-refractivity contribution in [1.29, 1.82) is 0 Å². The summed E-state index contributed by atoms with van der Waals surface area (Å²) in [4.78, 5) is 12.9. The largest absolute Gasteiger partial charge is 0.495 e. The third kappa shape index (κ3) is 6.82. The van der Waals surface area contributed by atoms with E-state index in [0.717, 1.165) is 15.6 Å². The minimum atomic E-state index is -3.99. The highest BCUT2D eigenvalue weighted by atomic mass is 79.9. The summed E-state index contributed by atoms with van der Waals surface area (Å²) in [6, 6.07) is 21.1. The minimum Gasteiger partial charge on any atom is -0.495 e. The van der Waals surface area contributed by atoms with Gasteiger partial charge in [-0.1, -0.05) is 70.0 Å². The molecular weight excluding hydrogens is 540 g/mol. The van der Waals surface area contributed by atoms with Gasteiger partial charge in [0, 0.05) is 11.0 Å². The van der Waals surface area contributed by atoms with E-state index in [1.165, 1.54) is 29.6 Å². The van der Waals surface area contributed by atoms with Gasteiger partial charge in [0.25, 0.3) is 0 Å². The molecule has 0 saturated heterocycles. The van der Waals surface area contributed by atoms with Gasteiger partial charge >= 0.3 is 0 Å². The highest BCUT2D eigenvalue weighted by Crippen LogP contribution is 2.28. The smallest absolute Gasteiger partial charge is 0.243 e. The maximum absolute atomic E-state index is 13.5. The first-order chi connectivity index (χ1) is 16.2. The fourth-order valence-corrected chi connectivity index (χ4v) is 5.43. The molecule has 0 bridgehead atoms. The molecule has 0 aliphatic carbocycles. The molecule has 180 valence electrons. The topological polar surface area (TPSA) is 75.7 Å². The summed E-state index contributed by atoms with van der Waals surface area (Å²) in [7, 11) is -2.54. The van der Waals surface area contributed by atoms with Crippen LogP contribution in [0.15, 0.2) is 82.2 Å². The number of carbonyl (C=O) groups excluding carboxylic acids is 1. The van der Waals surface area contributed by atoms with Crippen LogP contribution in [0.4, 0.5) is 0 Å². The van der Waals surface area contributed by atoms with Crippen molar-refractivity contribution < 1.29 is 17.9 Å². The second-order valence-electron chi connectivity index (χ2n) is 7.71. The van der Waals surface area contributed by atoms with Crippen LogP contribution >= 0.6 is 27.5 Å². The number of hydrogen-bond acceptors (Lipinski definition) is 4. The van der Waals surface area contributed by atoms with Crippen molar-refractivity contribution in [3.8, 4) is 5.75 Å². The van der Waals surface area contributed by atoms with E-state index in [1.54, 1.807) is 0 Å². The monoisotopic (exact) mass is 564 g/mol. The zero-order valence-electron chi connectivity index (χ0n) is 18.9. The molecule has 3 aromatic rings. The fourth-order valence-electron chi connectivity index (χ4n) is 3.42. The molecule has 0 saturated carbocycles. The van der Waals surface area contributed by atoms with Crippen LogP contribution in [-0.2, 0) is 21.2 Å². The third-order valence-corrected chi connectivity index (χ3v) is 7.99. The van der Waals surface area contributed by atoms with Gasteiger partial charge in [-0.05, 0) is 54.8 Å². The van der Waals surface area contributed by atoms with Crippen molar-refractivity contribution in [3.05, 3.63) is 93.4 Å². The van der Waals surface area contributed by atoms with Gasteiger partial charge < -0.3 is 10.1 Å². The molecule has 0 fully saturated rings. The molecule has 0 unspecified atom stereocenters. The quantitative estimate of drug-likeness (QED) is 0.366. The maximum Gasteiger partial charge on any atom is 0.243 e. The molecule has 0 aliphatic heterocycles. The fraction of sp³-hybridized carbons (Fsp3) is 0.240. The first-order valence-electron chi connectivity index (χ1n) is 10.6. The van der Waals surface area contributed by atoms with Crippen molar-refractivity contribution in [2.24, 2.45) is 0 Å². The lowest BCUT2D eigenvalue weighted by atomic mass is 10.1. The first-order valence-corrected chi connectivity index (χ1v) is 13.2. The van der Waals surface area contributed by atoms with Crippen molar-refractivity contribution in [2.45, 2.75) is 24.3 Å². The number of rotatable bonds is 10. The van der Waals surface area contributed by atoms with Crippen molar-refractivity contribution in [2.75, 3.05) is 20.2 Å². The summed E-state index contributed by atoms with van der Waals surface area (Å²) >= 11 is 9.57. The Morgan fingerprint density at radius 2 is 1.76 bits per heavy atom. The van der Waals surface area contributed by atoms with Gasteiger partial charge in [-0.3, -0.25) is 4.79 Å². The number of nitrogens with zero attached hydrogens (tertiary/aromatic N) is 1. The molecule has 0 aromatic heterocycles. The van der Waals surface area contributed by atoms with Gasteiger partial charge in [0.05, 0.1) is 29.6 Å². The molecule has 1 N–H and O–H groups in total. The Hall–Kier alpha value is -2.39. The Morgan fingerprint density at radius 1 is 1.09 bits per heavy atom. The zero-order valence-corrected chi connectivity index (χ0v) is 22.0. The van der Waals surface area contributed by atoms with Gasteiger partial charge in [0.2, 0.25) is 15.9 Å². The molecule has 0 radical (unpaired) electrons. The summed E-state index contributed by atoms with van der Waals surface area (Å²) in [5.74, 6) is -0.0239. The zero-order chi connectivity index (χ0) is 24.7. The highest BCUT2D eigenvalue weighted by Gasteiger charge is 2.28. The maximum atomic E-state index is 13.5. The lowest BCUT2D eigenvalue weighted by Crippen LogP contribution is -2.42. The number of halogens is 2. The lowest BCUT2D eigenvalue weighted by Gasteiger charge is -2.23. The number of amides is 1. The van der Waals surface area contributed by atoms with E-state index < -0.39 is 15.9 Å². The molecular formula is C25H26BrClN2O4S. The number of nitrogens with one attached hydrogen (secondary N) is 1. The summed E-state index contributed by atoms with van der Waals surface area (Å²) in [6.45, 7) is 1.67. The van der Waals surface area contributed by atoms with Crippen molar-refractivity contribution in [1.82, 2.24) is 9.62 Å². The predicted molar refractivity (Wildman–Crippen MR) is 138 cm³/mol. The Balaban J connectivity index is 1.81. The van der Waals surface area contributed by atoms with Crippen LogP contribution in [-0.4, -0.2) is 38.8 Å². The Morgan fingerprint density at radius 3 is 2.38 bits per heavy atom. The number of hydrogen-bond donors (Lipinski definition) is 1.